The Labute approximate surface area is 186 Å². The Balaban J connectivity index is 1.29. The molecular formula is C22H19F2N3O4S. The number of nitrogens with one attached hydrogen (secondary N) is 2. The molecule has 10 heteroatoms. The highest BCUT2D eigenvalue weighted by molar-refractivity contribution is 7.15. The van der Waals surface area contributed by atoms with Gasteiger partial charge in [0.2, 0.25) is 12.7 Å². The monoisotopic (exact) mass is 459 g/mol. The number of hydrogen-bond donors (Lipinski definition) is 2. The Bertz CT molecular complexity index is 1180. The molecule has 0 unspecified atom stereocenters. The lowest BCUT2D eigenvalue weighted by molar-refractivity contribution is -0.116. The van der Waals surface area contributed by atoms with Gasteiger partial charge in [-0.15, -0.1) is 11.3 Å². The van der Waals surface area contributed by atoms with E-state index in [9.17, 15) is 18.4 Å². The van der Waals surface area contributed by atoms with Crippen molar-refractivity contribution >= 4 is 28.3 Å². The predicted octanol–water partition coefficient (Wildman–Crippen LogP) is 3.81. The van der Waals surface area contributed by atoms with E-state index in [4.69, 9.17) is 9.47 Å². The molecule has 0 saturated heterocycles. The molecule has 166 valence electrons. The first-order chi connectivity index (χ1) is 15.4. The number of fused-ring (bicyclic) bond motifs is 1. The molecule has 7 nitrogen and oxygen atoms in total. The van der Waals surface area contributed by atoms with E-state index < -0.39 is 17.5 Å². The van der Waals surface area contributed by atoms with Crippen molar-refractivity contribution in [1.29, 1.82) is 0 Å². The summed E-state index contributed by atoms with van der Waals surface area (Å²) < 4.78 is 37.3. The fourth-order valence-electron chi connectivity index (χ4n) is 3.12. The molecule has 3 aromatic rings. The summed E-state index contributed by atoms with van der Waals surface area (Å²) in [5.74, 6) is -1.35. The standard InChI is InChI=1S/C22H19F2N3O4S/c1-12-19(9-13-2-5-17-18(8-13)31-11-30-17)32-22(26-12)27-20(28)6-7-25-21(29)15-4-3-14(23)10-16(15)24/h2-5,8,10H,6-7,9,11H2,1H3,(H,25,29)(H,26,27,28). The third kappa shape index (κ3) is 5.02. The molecule has 32 heavy (non-hydrogen) atoms. The number of halogens is 2. The van der Waals surface area contributed by atoms with Crippen LogP contribution in [0.2, 0.25) is 0 Å². The Morgan fingerprint density at radius 3 is 2.75 bits per heavy atom. The van der Waals surface area contributed by atoms with Crippen molar-refractivity contribution in [2.24, 2.45) is 0 Å². The first-order valence-corrected chi connectivity index (χ1v) is 10.6. The van der Waals surface area contributed by atoms with Crippen molar-refractivity contribution in [1.82, 2.24) is 10.3 Å². The van der Waals surface area contributed by atoms with Crippen molar-refractivity contribution in [3.8, 4) is 11.5 Å². The van der Waals surface area contributed by atoms with Crippen molar-refractivity contribution < 1.29 is 27.8 Å². The zero-order chi connectivity index (χ0) is 22.7. The molecule has 0 radical (unpaired) electrons. The van der Waals surface area contributed by atoms with Gasteiger partial charge in [0.05, 0.1) is 11.3 Å². The van der Waals surface area contributed by atoms with Crippen LogP contribution >= 0.6 is 11.3 Å². The molecule has 0 atom stereocenters. The Morgan fingerprint density at radius 1 is 1.12 bits per heavy atom. The van der Waals surface area contributed by atoms with Crippen LogP contribution in [0.3, 0.4) is 0 Å². The van der Waals surface area contributed by atoms with E-state index in [-0.39, 0.29) is 31.2 Å². The number of benzene rings is 2. The van der Waals surface area contributed by atoms with Gasteiger partial charge in [-0.1, -0.05) is 6.07 Å². The number of nitrogens with zero attached hydrogens (tertiary/aromatic N) is 1. The second kappa shape index (κ2) is 9.31. The van der Waals surface area contributed by atoms with Crippen LogP contribution in [0, 0.1) is 18.6 Å². The predicted molar refractivity (Wildman–Crippen MR) is 114 cm³/mol. The minimum atomic E-state index is -0.958. The Morgan fingerprint density at radius 2 is 1.94 bits per heavy atom. The van der Waals surface area contributed by atoms with Gasteiger partial charge in [-0.05, 0) is 36.8 Å². The van der Waals surface area contributed by atoms with Gasteiger partial charge in [-0.25, -0.2) is 13.8 Å². The van der Waals surface area contributed by atoms with Crippen molar-refractivity contribution in [2.75, 3.05) is 18.7 Å². The molecular weight excluding hydrogens is 440 g/mol. The summed E-state index contributed by atoms with van der Waals surface area (Å²) in [7, 11) is 0. The summed E-state index contributed by atoms with van der Waals surface area (Å²) in [5.41, 5.74) is 1.56. The number of anilines is 1. The normalized spacial score (nSPS) is 12.0. The number of carbonyl (C=O) groups excluding carboxylic acids is 2. The maximum absolute atomic E-state index is 13.6. The van der Waals surface area contributed by atoms with Gasteiger partial charge in [0.15, 0.2) is 16.6 Å². The molecule has 2 heterocycles. The van der Waals surface area contributed by atoms with Crippen molar-refractivity contribution in [3.63, 3.8) is 0 Å². The molecule has 1 aliphatic heterocycles. The minimum Gasteiger partial charge on any atom is -0.454 e. The van der Waals surface area contributed by atoms with E-state index in [2.05, 4.69) is 15.6 Å². The average Bonchev–Trinajstić information content (AvgIpc) is 3.33. The van der Waals surface area contributed by atoms with Crippen LogP contribution in [0.25, 0.3) is 0 Å². The van der Waals surface area contributed by atoms with Crippen LogP contribution in [-0.4, -0.2) is 30.1 Å². The Hall–Kier alpha value is -3.53. The SMILES string of the molecule is Cc1nc(NC(=O)CCNC(=O)c2ccc(F)cc2F)sc1Cc1ccc2c(c1)OCO2. The number of amides is 2. The summed E-state index contributed by atoms with van der Waals surface area (Å²) in [6.07, 6.45) is 0.611. The first-order valence-electron chi connectivity index (χ1n) is 9.77. The van der Waals surface area contributed by atoms with Crippen LogP contribution in [0.1, 0.15) is 32.9 Å². The highest BCUT2D eigenvalue weighted by Crippen LogP contribution is 2.34. The summed E-state index contributed by atoms with van der Waals surface area (Å²) in [4.78, 5) is 29.6. The summed E-state index contributed by atoms with van der Waals surface area (Å²) in [6.45, 7) is 2.08. The molecule has 0 aliphatic carbocycles. The molecule has 4 rings (SSSR count). The Kier molecular flexibility index (Phi) is 6.31. The molecule has 2 N–H and O–H groups in total. The van der Waals surface area contributed by atoms with E-state index in [1.165, 1.54) is 11.3 Å². The van der Waals surface area contributed by atoms with Crippen LogP contribution in [-0.2, 0) is 11.2 Å². The molecule has 0 saturated carbocycles. The lowest BCUT2D eigenvalue weighted by Gasteiger charge is -2.06. The van der Waals surface area contributed by atoms with Gasteiger partial charge in [0.1, 0.15) is 11.6 Å². The third-order valence-corrected chi connectivity index (χ3v) is 5.83. The number of aromatic nitrogens is 1. The fraction of sp³-hybridized carbons (Fsp3) is 0.227. The molecule has 1 aliphatic rings. The molecule has 0 fully saturated rings. The van der Waals surface area contributed by atoms with Gasteiger partial charge >= 0.3 is 0 Å². The highest BCUT2D eigenvalue weighted by Gasteiger charge is 2.16. The van der Waals surface area contributed by atoms with Crippen molar-refractivity contribution in [2.45, 2.75) is 19.8 Å². The van der Waals surface area contributed by atoms with E-state index in [1.54, 1.807) is 0 Å². The first kappa shape index (κ1) is 21.7. The van der Waals surface area contributed by atoms with Gasteiger partial charge in [-0.2, -0.15) is 0 Å². The number of ether oxygens (including phenoxy) is 2. The second-order valence-electron chi connectivity index (χ2n) is 7.07. The largest absolute Gasteiger partial charge is 0.454 e. The molecule has 2 aromatic carbocycles. The second-order valence-corrected chi connectivity index (χ2v) is 8.15. The van der Waals surface area contributed by atoms with E-state index in [0.717, 1.165) is 34.0 Å². The lowest BCUT2D eigenvalue weighted by Crippen LogP contribution is -2.28. The molecule has 0 bridgehead atoms. The maximum atomic E-state index is 13.6. The third-order valence-electron chi connectivity index (χ3n) is 4.75. The summed E-state index contributed by atoms with van der Waals surface area (Å²) in [6, 6.07) is 8.43. The van der Waals surface area contributed by atoms with Gasteiger partial charge in [0.25, 0.3) is 5.91 Å². The quantitative estimate of drug-likeness (QED) is 0.561. The number of carbonyl (C=O) groups is 2. The summed E-state index contributed by atoms with van der Waals surface area (Å²) >= 11 is 1.37. The number of hydrogen-bond acceptors (Lipinski definition) is 6. The number of aryl methyl sites for hydroxylation is 1. The van der Waals surface area contributed by atoms with Crippen LogP contribution in [0.4, 0.5) is 13.9 Å². The molecule has 1 aromatic heterocycles. The average molecular weight is 459 g/mol. The maximum Gasteiger partial charge on any atom is 0.254 e. The minimum absolute atomic E-state index is 0.00407. The van der Waals surface area contributed by atoms with E-state index >= 15 is 0 Å². The molecule has 2 amide bonds. The van der Waals surface area contributed by atoms with Crippen molar-refractivity contribution in [3.05, 3.63) is 69.7 Å². The lowest BCUT2D eigenvalue weighted by atomic mass is 10.1. The zero-order valence-electron chi connectivity index (χ0n) is 17.0. The van der Waals surface area contributed by atoms with Gasteiger partial charge < -0.3 is 20.1 Å². The fourth-order valence-corrected chi connectivity index (χ4v) is 4.14. The number of thiazole rings is 1. The van der Waals surface area contributed by atoms with E-state index in [1.807, 2.05) is 25.1 Å². The number of rotatable bonds is 7. The smallest absolute Gasteiger partial charge is 0.254 e. The summed E-state index contributed by atoms with van der Waals surface area (Å²) in [5, 5.41) is 5.61. The van der Waals surface area contributed by atoms with Crippen LogP contribution in [0.5, 0.6) is 11.5 Å². The highest BCUT2D eigenvalue weighted by atomic mass is 32.1. The topological polar surface area (TPSA) is 89.6 Å². The van der Waals surface area contributed by atoms with Crippen LogP contribution < -0.4 is 20.1 Å². The van der Waals surface area contributed by atoms with Gasteiger partial charge in [0, 0.05) is 30.3 Å². The van der Waals surface area contributed by atoms with E-state index in [0.29, 0.717) is 23.4 Å². The van der Waals surface area contributed by atoms with Crippen LogP contribution in [0.15, 0.2) is 36.4 Å². The van der Waals surface area contributed by atoms with Gasteiger partial charge in [-0.3, -0.25) is 9.59 Å². The molecule has 0 spiro atoms. The zero-order valence-corrected chi connectivity index (χ0v) is 17.9.